The van der Waals surface area contributed by atoms with E-state index in [1.807, 2.05) is 12.3 Å². The molecule has 1 unspecified atom stereocenters. The molecule has 0 saturated carbocycles. The molecule has 1 fully saturated rings. The molecule has 0 bridgehead atoms. The average molecular weight is 274 g/mol. The van der Waals surface area contributed by atoms with Crippen molar-refractivity contribution in [1.29, 1.82) is 0 Å². The zero-order chi connectivity index (χ0) is 12.9. The third-order valence-electron chi connectivity index (χ3n) is 3.28. The third-order valence-corrected chi connectivity index (χ3v) is 4.33. The van der Waals surface area contributed by atoms with Crippen molar-refractivity contribution in [2.75, 3.05) is 13.2 Å². The summed E-state index contributed by atoms with van der Waals surface area (Å²) in [5.41, 5.74) is 1.24. The Morgan fingerprint density at radius 2 is 2.21 bits per heavy atom. The molecule has 0 amide bonds. The number of rotatable bonds is 5. The molecule has 1 aliphatic rings. The number of nitrogens with zero attached hydrogens (tertiary/aromatic N) is 1. The summed E-state index contributed by atoms with van der Waals surface area (Å²) in [6.07, 6.45) is 4.74. The van der Waals surface area contributed by atoms with Crippen LogP contribution in [0.5, 0.6) is 0 Å². The predicted molar refractivity (Wildman–Crippen MR) is 78.2 cm³/mol. The molecule has 1 N–H and O–H groups in total. The fraction of sp³-hybridized carbons (Fsp3) is 0.400. The van der Waals surface area contributed by atoms with Crippen LogP contribution in [0.1, 0.15) is 17.8 Å². The lowest BCUT2D eigenvalue weighted by Gasteiger charge is -2.09. The summed E-state index contributed by atoms with van der Waals surface area (Å²) in [6, 6.07) is 10.4. The monoisotopic (exact) mass is 274 g/mol. The van der Waals surface area contributed by atoms with Crippen molar-refractivity contribution in [1.82, 2.24) is 10.3 Å². The molecule has 0 aliphatic carbocycles. The summed E-state index contributed by atoms with van der Waals surface area (Å²) in [5.74, 6) is 0. The summed E-state index contributed by atoms with van der Waals surface area (Å²) in [7, 11) is 0. The molecule has 1 saturated heterocycles. The van der Waals surface area contributed by atoms with Crippen molar-refractivity contribution in [3.63, 3.8) is 0 Å². The summed E-state index contributed by atoms with van der Waals surface area (Å²) in [4.78, 5) is 5.70. The minimum Gasteiger partial charge on any atom is -0.377 e. The standard InChI is InChI=1S/C15H18N2OS/c1-2-5-12(6-3-1)14-10-17-15(19-14)11-16-9-13-7-4-8-18-13/h1-3,5-6,10,13,16H,4,7-9,11H2. The van der Waals surface area contributed by atoms with E-state index in [2.05, 4.69) is 34.6 Å². The number of ether oxygens (including phenoxy) is 1. The first-order valence-electron chi connectivity index (χ1n) is 6.74. The second-order valence-corrected chi connectivity index (χ2v) is 5.87. The molecule has 1 aliphatic heterocycles. The largest absolute Gasteiger partial charge is 0.377 e. The number of hydrogen-bond donors (Lipinski definition) is 1. The van der Waals surface area contributed by atoms with Gasteiger partial charge in [0.15, 0.2) is 0 Å². The Morgan fingerprint density at radius 1 is 1.32 bits per heavy atom. The van der Waals surface area contributed by atoms with E-state index in [0.29, 0.717) is 6.10 Å². The van der Waals surface area contributed by atoms with Crippen LogP contribution in [0.25, 0.3) is 10.4 Å². The number of nitrogens with one attached hydrogen (secondary N) is 1. The minimum absolute atomic E-state index is 0.397. The first-order valence-corrected chi connectivity index (χ1v) is 7.56. The highest BCUT2D eigenvalue weighted by Crippen LogP contribution is 2.25. The van der Waals surface area contributed by atoms with Crippen molar-refractivity contribution in [3.8, 4) is 10.4 Å². The van der Waals surface area contributed by atoms with Crippen molar-refractivity contribution in [2.45, 2.75) is 25.5 Å². The molecule has 0 spiro atoms. The number of benzene rings is 1. The summed E-state index contributed by atoms with van der Waals surface area (Å²) in [6.45, 7) is 2.68. The van der Waals surface area contributed by atoms with Crippen molar-refractivity contribution >= 4 is 11.3 Å². The van der Waals surface area contributed by atoms with Crippen LogP contribution in [0.2, 0.25) is 0 Å². The first-order chi connectivity index (χ1) is 9.42. The molecule has 3 nitrogen and oxygen atoms in total. The van der Waals surface area contributed by atoms with Crippen LogP contribution in [-0.4, -0.2) is 24.2 Å². The van der Waals surface area contributed by atoms with Gasteiger partial charge in [0.2, 0.25) is 0 Å². The second kappa shape index (κ2) is 6.28. The number of thiazole rings is 1. The molecule has 100 valence electrons. The number of aromatic nitrogens is 1. The van der Waals surface area contributed by atoms with Gasteiger partial charge in [-0.3, -0.25) is 0 Å². The normalized spacial score (nSPS) is 18.8. The SMILES string of the molecule is c1ccc(-c2cnc(CNCC3CCCO3)s2)cc1. The van der Waals surface area contributed by atoms with E-state index in [9.17, 15) is 0 Å². The molecule has 19 heavy (non-hydrogen) atoms. The fourth-order valence-corrected chi connectivity index (χ4v) is 3.17. The quantitative estimate of drug-likeness (QED) is 0.910. The third kappa shape index (κ3) is 3.41. The van der Waals surface area contributed by atoms with Crippen LogP contribution < -0.4 is 5.32 Å². The average Bonchev–Trinajstić information content (AvgIpc) is 3.11. The molecule has 1 aromatic carbocycles. The Balaban J connectivity index is 1.53. The van der Waals surface area contributed by atoms with Crippen LogP contribution >= 0.6 is 11.3 Å². The maximum Gasteiger partial charge on any atom is 0.107 e. The Morgan fingerprint density at radius 3 is 3.00 bits per heavy atom. The molecule has 1 aromatic heterocycles. The molecule has 2 aromatic rings. The highest BCUT2D eigenvalue weighted by molar-refractivity contribution is 7.15. The van der Waals surface area contributed by atoms with Crippen LogP contribution in [0, 0.1) is 0 Å². The van der Waals surface area contributed by atoms with Gasteiger partial charge in [-0.15, -0.1) is 11.3 Å². The van der Waals surface area contributed by atoms with Gasteiger partial charge >= 0.3 is 0 Å². The lowest BCUT2D eigenvalue weighted by atomic mass is 10.2. The molecule has 3 rings (SSSR count). The smallest absolute Gasteiger partial charge is 0.107 e. The Labute approximate surface area is 117 Å². The summed E-state index contributed by atoms with van der Waals surface area (Å²) >= 11 is 1.75. The molecule has 1 atom stereocenters. The predicted octanol–water partition coefficient (Wildman–Crippen LogP) is 3.08. The van der Waals surface area contributed by atoms with Crippen molar-refractivity contribution in [3.05, 3.63) is 41.5 Å². The van der Waals surface area contributed by atoms with E-state index in [-0.39, 0.29) is 0 Å². The summed E-state index contributed by atoms with van der Waals surface area (Å²) < 4.78 is 5.59. The lowest BCUT2D eigenvalue weighted by Crippen LogP contribution is -2.25. The van der Waals surface area contributed by atoms with Gasteiger partial charge in [-0.1, -0.05) is 30.3 Å². The van der Waals surface area contributed by atoms with E-state index >= 15 is 0 Å². The van der Waals surface area contributed by atoms with Gasteiger partial charge in [-0.05, 0) is 18.4 Å². The maximum atomic E-state index is 5.59. The van der Waals surface area contributed by atoms with E-state index < -0.39 is 0 Å². The Hall–Kier alpha value is -1.23. The first kappa shape index (κ1) is 12.8. The molecule has 2 heterocycles. The lowest BCUT2D eigenvalue weighted by molar-refractivity contribution is 0.110. The van der Waals surface area contributed by atoms with E-state index in [1.165, 1.54) is 23.3 Å². The van der Waals surface area contributed by atoms with Gasteiger partial charge in [-0.25, -0.2) is 4.98 Å². The molecular weight excluding hydrogens is 256 g/mol. The molecule has 0 radical (unpaired) electrons. The van der Waals surface area contributed by atoms with E-state index in [4.69, 9.17) is 4.74 Å². The zero-order valence-corrected chi connectivity index (χ0v) is 11.7. The van der Waals surface area contributed by atoms with Crippen LogP contribution in [0.3, 0.4) is 0 Å². The Bertz CT molecular complexity index is 506. The van der Waals surface area contributed by atoms with Gasteiger partial charge in [0.05, 0.1) is 11.0 Å². The van der Waals surface area contributed by atoms with Crippen LogP contribution in [-0.2, 0) is 11.3 Å². The highest BCUT2D eigenvalue weighted by atomic mass is 32.1. The van der Waals surface area contributed by atoms with E-state index in [1.54, 1.807) is 11.3 Å². The van der Waals surface area contributed by atoms with Crippen molar-refractivity contribution in [2.24, 2.45) is 0 Å². The molecular formula is C15H18N2OS. The number of hydrogen-bond acceptors (Lipinski definition) is 4. The van der Waals surface area contributed by atoms with Gasteiger partial charge < -0.3 is 10.1 Å². The second-order valence-electron chi connectivity index (χ2n) is 4.75. The minimum atomic E-state index is 0.397. The van der Waals surface area contributed by atoms with Gasteiger partial charge in [-0.2, -0.15) is 0 Å². The Kier molecular flexibility index (Phi) is 4.23. The van der Waals surface area contributed by atoms with E-state index in [0.717, 1.165) is 24.7 Å². The molecule has 4 heteroatoms. The van der Waals surface area contributed by atoms with Crippen molar-refractivity contribution < 1.29 is 4.74 Å². The maximum absolute atomic E-state index is 5.59. The van der Waals surface area contributed by atoms with Gasteiger partial charge in [0.1, 0.15) is 5.01 Å². The summed E-state index contributed by atoms with van der Waals surface area (Å²) in [5, 5.41) is 4.57. The fourth-order valence-electron chi connectivity index (χ4n) is 2.27. The topological polar surface area (TPSA) is 34.2 Å². The highest BCUT2D eigenvalue weighted by Gasteiger charge is 2.14. The zero-order valence-electron chi connectivity index (χ0n) is 10.8. The van der Waals surface area contributed by atoms with Crippen LogP contribution in [0.15, 0.2) is 36.5 Å². The van der Waals surface area contributed by atoms with Crippen LogP contribution in [0.4, 0.5) is 0 Å². The van der Waals surface area contributed by atoms with Gasteiger partial charge in [0, 0.05) is 25.9 Å². The van der Waals surface area contributed by atoms with Gasteiger partial charge in [0.25, 0.3) is 0 Å².